The van der Waals surface area contributed by atoms with Gasteiger partial charge in [-0.15, -0.1) is 0 Å². The van der Waals surface area contributed by atoms with Crippen LogP contribution in [0, 0.1) is 0 Å². The molecule has 3 rings (SSSR count). The number of ether oxygens (including phenoxy) is 4. The Labute approximate surface area is 189 Å². The van der Waals surface area contributed by atoms with E-state index in [2.05, 4.69) is 0 Å². The molecule has 0 aromatic heterocycles. The van der Waals surface area contributed by atoms with Crippen LogP contribution >= 0.6 is 0 Å². The van der Waals surface area contributed by atoms with Gasteiger partial charge in [-0.3, -0.25) is 4.79 Å². The third-order valence-electron chi connectivity index (χ3n) is 5.94. The van der Waals surface area contributed by atoms with Gasteiger partial charge in [-0.25, -0.2) is 4.79 Å². The number of ketones is 1. The van der Waals surface area contributed by atoms with E-state index in [0.29, 0.717) is 31.1 Å². The molecule has 2 heterocycles. The second-order valence-electron chi connectivity index (χ2n) is 8.62. The monoisotopic (exact) mass is 447 g/mol. The minimum Gasteiger partial charge on any atom is -0.493 e. The highest BCUT2D eigenvalue weighted by molar-refractivity contribution is 6.17. The van der Waals surface area contributed by atoms with Gasteiger partial charge < -0.3 is 29.0 Å². The van der Waals surface area contributed by atoms with Crippen molar-refractivity contribution < 1.29 is 33.6 Å². The van der Waals surface area contributed by atoms with Crippen LogP contribution in [0.1, 0.15) is 50.8 Å². The summed E-state index contributed by atoms with van der Waals surface area (Å²) in [5.41, 5.74) is 0.859. The molecule has 0 bridgehead atoms. The fraction of sp³-hybridized carbons (Fsp3) is 0.583. The lowest BCUT2D eigenvalue weighted by Crippen LogP contribution is -2.54. The SMILES string of the molecule is CCOC(=O)C1=CN2C(CC1=O)c1cc(OC)c(OCCCOC)cc1CC2C(C)(C)O. The zero-order chi connectivity index (χ0) is 23.5. The van der Waals surface area contributed by atoms with Crippen molar-refractivity contribution in [3.63, 3.8) is 0 Å². The molecule has 2 aliphatic heterocycles. The number of hydrogen-bond acceptors (Lipinski definition) is 8. The number of methoxy groups -OCH3 is 2. The van der Waals surface area contributed by atoms with Crippen LogP contribution in [-0.4, -0.2) is 67.4 Å². The van der Waals surface area contributed by atoms with Gasteiger partial charge in [0.1, 0.15) is 5.57 Å². The molecule has 0 saturated carbocycles. The Bertz CT molecular complexity index is 887. The molecule has 8 nitrogen and oxygen atoms in total. The molecule has 2 aliphatic rings. The van der Waals surface area contributed by atoms with Gasteiger partial charge in [-0.2, -0.15) is 0 Å². The molecule has 0 spiro atoms. The molecule has 176 valence electrons. The van der Waals surface area contributed by atoms with Crippen molar-refractivity contribution in [1.29, 1.82) is 0 Å². The van der Waals surface area contributed by atoms with Crippen molar-refractivity contribution in [1.82, 2.24) is 4.90 Å². The number of fused-ring (bicyclic) bond motifs is 3. The number of aliphatic hydroxyl groups is 1. The first kappa shape index (κ1) is 24.1. The van der Waals surface area contributed by atoms with E-state index in [4.69, 9.17) is 18.9 Å². The minimum absolute atomic E-state index is 0.0193. The first-order chi connectivity index (χ1) is 15.2. The summed E-state index contributed by atoms with van der Waals surface area (Å²) in [4.78, 5) is 27.1. The number of Topliss-reactive ketones (excluding diaryl/α,β-unsaturated/α-hetero) is 1. The molecular weight excluding hydrogens is 414 g/mol. The van der Waals surface area contributed by atoms with Gasteiger partial charge in [0, 0.05) is 32.8 Å². The van der Waals surface area contributed by atoms with E-state index >= 15 is 0 Å². The molecule has 1 N–H and O–H groups in total. The van der Waals surface area contributed by atoms with Crippen LogP contribution in [0.3, 0.4) is 0 Å². The number of carbonyl (C=O) groups is 2. The Balaban J connectivity index is 2.02. The van der Waals surface area contributed by atoms with Gasteiger partial charge >= 0.3 is 5.97 Å². The quantitative estimate of drug-likeness (QED) is 0.351. The summed E-state index contributed by atoms with van der Waals surface area (Å²) in [6.45, 7) is 6.45. The summed E-state index contributed by atoms with van der Waals surface area (Å²) in [6.07, 6.45) is 2.94. The number of rotatable bonds is 9. The fourth-order valence-corrected chi connectivity index (χ4v) is 4.35. The van der Waals surface area contributed by atoms with Crippen LogP contribution in [-0.2, 0) is 25.5 Å². The lowest BCUT2D eigenvalue weighted by atomic mass is 9.78. The van der Waals surface area contributed by atoms with Gasteiger partial charge in [-0.1, -0.05) is 0 Å². The lowest BCUT2D eigenvalue weighted by Gasteiger charge is -2.49. The Morgan fingerprint density at radius 3 is 2.56 bits per heavy atom. The van der Waals surface area contributed by atoms with Crippen molar-refractivity contribution in [3.8, 4) is 11.5 Å². The standard InChI is InChI=1S/C24H33NO7/c1-6-31-23(27)17-14-25-18(13-19(17)26)16-12-20(30-5)21(32-9-7-8-29-4)10-15(16)11-22(25)24(2,3)28/h10,12,14,18,22,28H,6-9,11,13H2,1-5H3. The maximum atomic E-state index is 12.8. The first-order valence-electron chi connectivity index (χ1n) is 11.0. The zero-order valence-corrected chi connectivity index (χ0v) is 19.5. The average Bonchev–Trinajstić information content (AvgIpc) is 2.74. The fourth-order valence-electron chi connectivity index (χ4n) is 4.35. The van der Waals surface area contributed by atoms with Crippen molar-refractivity contribution in [3.05, 3.63) is 35.0 Å². The van der Waals surface area contributed by atoms with Crippen LogP contribution in [0.5, 0.6) is 11.5 Å². The Kier molecular flexibility index (Phi) is 7.46. The van der Waals surface area contributed by atoms with E-state index < -0.39 is 11.6 Å². The van der Waals surface area contributed by atoms with E-state index in [1.807, 2.05) is 17.0 Å². The third kappa shape index (κ3) is 4.91. The molecule has 0 radical (unpaired) electrons. The van der Waals surface area contributed by atoms with Crippen molar-refractivity contribution in [2.24, 2.45) is 0 Å². The second kappa shape index (κ2) is 9.92. The molecule has 1 aromatic carbocycles. The molecule has 0 aliphatic carbocycles. The van der Waals surface area contributed by atoms with E-state index in [1.54, 1.807) is 41.2 Å². The van der Waals surface area contributed by atoms with Gasteiger partial charge in [0.25, 0.3) is 0 Å². The number of esters is 1. The van der Waals surface area contributed by atoms with E-state index in [9.17, 15) is 14.7 Å². The second-order valence-corrected chi connectivity index (χ2v) is 8.62. The maximum absolute atomic E-state index is 12.8. The Morgan fingerprint density at radius 2 is 1.94 bits per heavy atom. The Morgan fingerprint density at radius 1 is 1.19 bits per heavy atom. The number of benzene rings is 1. The summed E-state index contributed by atoms with van der Waals surface area (Å²) < 4.78 is 21.6. The molecule has 8 heteroatoms. The summed E-state index contributed by atoms with van der Waals surface area (Å²) in [6, 6.07) is 3.17. The largest absolute Gasteiger partial charge is 0.493 e. The molecule has 0 amide bonds. The third-order valence-corrected chi connectivity index (χ3v) is 5.94. The molecule has 2 atom stereocenters. The lowest BCUT2D eigenvalue weighted by molar-refractivity contribution is -0.141. The zero-order valence-electron chi connectivity index (χ0n) is 19.5. The first-order valence-corrected chi connectivity index (χ1v) is 11.0. The minimum atomic E-state index is -1.08. The van der Waals surface area contributed by atoms with Crippen molar-refractivity contribution in [2.45, 2.75) is 57.7 Å². The smallest absolute Gasteiger partial charge is 0.343 e. The number of nitrogens with zero attached hydrogens (tertiary/aromatic N) is 1. The summed E-state index contributed by atoms with van der Waals surface area (Å²) >= 11 is 0. The average molecular weight is 448 g/mol. The predicted molar refractivity (Wildman–Crippen MR) is 118 cm³/mol. The maximum Gasteiger partial charge on any atom is 0.343 e. The van der Waals surface area contributed by atoms with Crippen molar-refractivity contribution >= 4 is 11.8 Å². The predicted octanol–water partition coefficient (Wildman–Crippen LogP) is 2.57. The highest BCUT2D eigenvalue weighted by Crippen LogP contribution is 2.45. The molecule has 0 saturated heterocycles. The van der Waals surface area contributed by atoms with Crippen LogP contribution in [0.15, 0.2) is 23.9 Å². The number of hydrogen-bond donors (Lipinski definition) is 1. The summed E-state index contributed by atoms with van der Waals surface area (Å²) in [5, 5.41) is 10.9. The topological polar surface area (TPSA) is 94.5 Å². The molecule has 0 fully saturated rings. The summed E-state index contributed by atoms with van der Waals surface area (Å²) in [7, 11) is 3.23. The van der Waals surface area contributed by atoms with Gasteiger partial charge in [0.15, 0.2) is 17.3 Å². The Hall–Kier alpha value is -2.58. The van der Waals surface area contributed by atoms with Gasteiger partial charge in [0.05, 0.1) is 38.0 Å². The molecule has 2 unspecified atom stereocenters. The molecular formula is C24H33NO7. The highest BCUT2D eigenvalue weighted by atomic mass is 16.5. The van der Waals surface area contributed by atoms with Crippen LogP contribution < -0.4 is 9.47 Å². The highest BCUT2D eigenvalue weighted by Gasteiger charge is 2.44. The van der Waals surface area contributed by atoms with Gasteiger partial charge in [-0.05, 0) is 50.5 Å². The van der Waals surface area contributed by atoms with Crippen molar-refractivity contribution in [2.75, 3.05) is 34.0 Å². The normalized spacial score (nSPS) is 20.2. The van der Waals surface area contributed by atoms with Crippen LogP contribution in [0.2, 0.25) is 0 Å². The van der Waals surface area contributed by atoms with E-state index in [1.165, 1.54) is 0 Å². The van der Waals surface area contributed by atoms with Gasteiger partial charge in [0.2, 0.25) is 0 Å². The molecule has 1 aromatic rings. The summed E-state index contributed by atoms with van der Waals surface area (Å²) in [5.74, 6) is 0.296. The van der Waals surface area contributed by atoms with Crippen LogP contribution in [0.4, 0.5) is 0 Å². The van der Waals surface area contributed by atoms with Crippen LogP contribution in [0.25, 0.3) is 0 Å². The van der Waals surface area contributed by atoms with E-state index in [0.717, 1.165) is 17.5 Å². The number of carbonyl (C=O) groups excluding carboxylic acids is 2. The van der Waals surface area contributed by atoms with E-state index in [-0.39, 0.29) is 36.5 Å². The molecule has 32 heavy (non-hydrogen) atoms.